The lowest BCUT2D eigenvalue weighted by Crippen LogP contribution is -1.94. The van der Waals surface area contributed by atoms with Crippen molar-refractivity contribution in [1.82, 2.24) is 9.97 Å². The minimum atomic E-state index is 0.750. The number of nitrogens with zero attached hydrogens (tertiary/aromatic N) is 2. The number of rotatable bonds is 3. The molecule has 6 rings (SSSR count). The highest BCUT2D eigenvalue weighted by Gasteiger charge is 2.16. The third-order valence-corrected chi connectivity index (χ3v) is 7.12. The summed E-state index contributed by atoms with van der Waals surface area (Å²) in [6, 6.07) is 35.7. The maximum Gasteiger partial charge on any atom is 0.161 e. The van der Waals surface area contributed by atoms with Gasteiger partial charge < -0.3 is 0 Å². The average molecular weight is 493 g/mol. The van der Waals surface area contributed by atoms with Crippen LogP contribution in [-0.2, 0) is 0 Å². The van der Waals surface area contributed by atoms with Gasteiger partial charge in [-0.05, 0) is 35.4 Å². The summed E-state index contributed by atoms with van der Waals surface area (Å²) in [4.78, 5) is 11.1. The Morgan fingerprint density at radius 2 is 1.28 bits per heavy atom. The van der Waals surface area contributed by atoms with Gasteiger partial charge in [-0.3, -0.25) is 0 Å². The fourth-order valence-corrected chi connectivity index (χ4v) is 5.54. The van der Waals surface area contributed by atoms with Gasteiger partial charge in [0.25, 0.3) is 0 Å². The van der Waals surface area contributed by atoms with Gasteiger partial charge in [-0.2, -0.15) is 0 Å². The lowest BCUT2D eigenvalue weighted by molar-refractivity contribution is 1.24. The highest BCUT2D eigenvalue weighted by Crippen LogP contribution is 2.39. The van der Waals surface area contributed by atoms with Crippen molar-refractivity contribution in [3.05, 3.63) is 108 Å². The van der Waals surface area contributed by atoms with Gasteiger partial charge in [0.1, 0.15) is 4.83 Å². The molecule has 4 aromatic carbocycles. The summed E-state index contributed by atoms with van der Waals surface area (Å²) >= 11 is 5.30. The van der Waals surface area contributed by atoms with E-state index < -0.39 is 0 Å². The van der Waals surface area contributed by atoms with Crippen molar-refractivity contribution in [2.24, 2.45) is 0 Å². The van der Waals surface area contributed by atoms with E-state index >= 15 is 0 Å². The summed E-state index contributed by atoms with van der Waals surface area (Å²) in [5, 5.41) is 2.34. The van der Waals surface area contributed by atoms with E-state index in [4.69, 9.17) is 9.97 Å². The molecule has 0 aliphatic rings. The first kappa shape index (κ1) is 19.4. The Morgan fingerprint density at radius 3 is 2.12 bits per heavy atom. The molecule has 0 N–H and O–H groups in total. The van der Waals surface area contributed by atoms with Crippen LogP contribution in [0.3, 0.4) is 0 Å². The van der Waals surface area contributed by atoms with Crippen LogP contribution >= 0.6 is 27.3 Å². The Bertz CT molecular complexity index is 1590. The zero-order valence-electron chi connectivity index (χ0n) is 17.0. The molecule has 0 unspecified atom stereocenters. The summed E-state index contributed by atoms with van der Waals surface area (Å²) < 4.78 is 2.30. The SMILES string of the molecule is Brc1cccc(-c2cccc(-c3nc(-c4ccccc4)c4c(n3)sc3ccccc34)c2)c1. The molecule has 0 bridgehead atoms. The number of thiophene rings is 1. The van der Waals surface area contributed by atoms with Crippen molar-refractivity contribution in [3.8, 4) is 33.8 Å². The Kier molecular flexibility index (Phi) is 4.82. The highest BCUT2D eigenvalue weighted by atomic mass is 79.9. The third-order valence-electron chi connectivity index (χ3n) is 5.56. The molecule has 2 aromatic heterocycles. The molecule has 6 aromatic rings. The van der Waals surface area contributed by atoms with Crippen LogP contribution in [0, 0.1) is 0 Å². The molecule has 152 valence electrons. The van der Waals surface area contributed by atoms with Crippen LogP contribution in [-0.4, -0.2) is 9.97 Å². The van der Waals surface area contributed by atoms with E-state index in [1.807, 2.05) is 12.1 Å². The fourth-order valence-electron chi connectivity index (χ4n) is 4.06. The van der Waals surface area contributed by atoms with Crippen molar-refractivity contribution in [2.45, 2.75) is 0 Å². The molecule has 0 amide bonds. The number of hydrogen-bond donors (Lipinski definition) is 0. The number of fused-ring (bicyclic) bond motifs is 3. The van der Waals surface area contributed by atoms with E-state index in [9.17, 15) is 0 Å². The number of aromatic nitrogens is 2. The Labute approximate surface area is 198 Å². The molecule has 4 heteroatoms. The van der Waals surface area contributed by atoms with E-state index in [2.05, 4.69) is 107 Å². The van der Waals surface area contributed by atoms with E-state index in [1.54, 1.807) is 11.3 Å². The van der Waals surface area contributed by atoms with Crippen LogP contribution < -0.4 is 0 Å². The van der Waals surface area contributed by atoms with Gasteiger partial charge in [0.2, 0.25) is 0 Å². The quantitative estimate of drug-likeness (QED) is 0.247. The third kappa shape index (κ3) is 3.42. The lowest BCUT2D eigenvalue weighted by Gasteiger charge is -2.09. The van der Waals surface area contributed by atoms with Crippen molar-refractivity contribution >= 4 is 47.6 Å². The molecule has 2 nitrogen and oxygen atoms in total. The van der Waals surface area contributed by atoms with Gasteiger partial charge in [0.15, 0.2) is 5.82 Å². The number of hydrogen-bond acceptors (Lipinski definition) is 3. The van der Waals surface area contributed by atoms with Gasteiger partial charge in [-0.25, -0.2) is 9.97 Å². The maximum atomic E-state index is 5.10. The highest BCUT2D eigenvalue weighted by molar-refractivity contribution is 9.10. The summed E-state index contributed by atoms with van der Waals surface area (Å²) in [7, 11) is 0. The predicted octanol–water partition coefficient (Wildman–Crippen LogP) is 8.61. The minimum absolute atomic E-state index is 0.750. The zero-order chi connectivity index (χ0) is 21.5. The number of halogens is 1. The van der Waals surface area contributed by atoms with Crippen LogP contribution in [0.15, 0.2) is 108 Å². The smallest absolute Gasteiger partial charge is 0.161 e. The van der Waals surface area contributed by atoms with E-state index in [0.29, 0.717) is 0 Å². The first-order valence-corrected chi connectivity index (χ1v) is 12.0. The Hall–Kier alpha value is -3.34. The largest absolute Gasteiger partial charge is 0.227 e. The Morgan fingerprint density at radius 1 is 0.594 bits per heavy atom. The second-order valence-electron chi connectivity index (χ2n) is 7.63. The first-order valence-electron chi connectivity index (χ1n) is 10.4. The van der Waals surface area contributed by atoms with Gasteiger partial charge in [-0.1, -0.05) is 94.8 Å². The molecule has 0 radical (unpaired) electrons. The van der Waals surface area contributed by atoms with Crippen molar-refractivity contribution in [2.75, 3.05) is 0 Å². The molecule has 0 fully saturated rings. The van der Waals surface area contributed by atoms with Crippen molar-refractivity contribution in [1.29, 1.82) is 0 Å². The van der Waals surface area contributed by atoms with Gasteiger partial charge in [-0.15, -0.1) is 11.3 Å². The summed E-state index contributed by atoms with van der Waals surface area (Å²) in [6.07, 6.45) is 0. The fraction of sp³-hybridized carbons (Fsp3) is 0. The van der Waals surface area contributed by atoms with Gasteiger partial charge >= 0.3 is 0 Å². The zero-order valence-corrected chi connectivity index (χ0v) is 19.4. The van der Waals surface area contributed by atoms with Crippen LogP contribution in [0.4, 0.5) is 0 Å². The van der Waals surface area contributed by atoms with Gasteiger partial charge in [0, 0.05) is 31.1 Å². The first-order chi connectivity index (χ1) is 15.8. The van der Waals surface area contributed by atoms with Gasteiger partial charge in [0.05, 0.1) is 5.69 Å². The van der Waals surface area contributed by atoms with E-state index in [-0.39, 0.29) is 0 Å². The topological polar surface area (TPSA) is 25.8 Å². The monoisotopic (exact) mass is 492 g/mol. The Balaban J connectivity index is 1.60. The normalized spacial score (nSPS) is 11.3. The van der Waals surface area contributed by atoms with Crippen LogP contribution in [0.2, 0.25) is 0 Å². The molecule has 0 spiro atoms. The molecular formula is C28H17BrN2S. The molecule has 0 aliphatic heterocycles. The average Bonchev–Trinajstić information content (AvgIpc) is 3.23. The predicted molar refractivity (Wildman–Crippen MR) is 139 cm³/mol. The minimum Gasteiger partial charge on any atom is -0.227 e. The number of benzene rings is 4. The molecule has 0 saturated carbocycles. The lowest BCUT2D eigenvalue weighted by atomic mass is 10.0. The molecule has 0 saturated heterocycles. The van der Waals surface area contributed by atoms with Crippen LogP contribution in [0.25, 0.3) is 54.1 Å². The molecule has 2 heterocycles. The maximum absolute atomic E-state index is 5.10. The van der Waals surface area contributed by atoms with E-state index in [0.717, 1.165) is 48.5 Å². The standard InChI is InChI=1S/C28H17BrN2S/c29-22-13-7-11-20(17-22)19-10-6-12-21(16-19)27-30-26(18-8-2-1-3-9-18)25-23-14-4-5-15-24(23)32-28(25)31-27/h1-17H. The summed E-state index contributed by atoms with van der Waals surface area (Å²) in [6.45, 7) is 0. The van der Waals surface area contributed by atoms with Crippen molar-refractivity contribution < 1.29 is 0 Å². The summed E-state index contributed by atoms with van der Waals surface area (Å²) in [5.74, 6) is 0.750. The molecular weight excluding hydrogens is 476 g/mol. The van der Waals surface area contributed by atoms with Crippen LogP contribution in [0.1, 0.15) is 0 Å². The summed E-state index contributed by atoms with van der Waals surface area (Å²) in [5.41, 5.74) is 5.40. The second kappa shape index (κ2) is 7.97. The van der Waals surface area contributed by atoms with Crippen LogP contribution in [0.5, 0.6) is 0 Å². The van der Waals surface area contributed by atoms with Crippen molar-refractivity contribution in [3.63, 3.8) is 0 Å². The molecule has 0 aliphatic carbocycles. The van der Waals surface area contributed by atoms with E-state index in [1.165, 1.54) is 10.1 Å². The second-order valence-corrected chi connectivity index (χ2v) is 9.58. The molecule has 32 heavy (non-hydrogen) atoms. The molecule has 0 atom stereocenters.